The van der Waals surface area contributed by atoms with Gasteiger partial charge in [-0.1, -0.05) is 13.3 Å². The highest BCUT2D eigenvalue weighted by Crippen LogP contribution is 2.18. The van der Waals surface area contributed by atoms with Crippen LogP contribution in [0.2, 0.25) is 0 Å². The van der Waals surface area contributed by atoms with E-state index in [-0.39, 0.29) is 11.6 Å². The first-order valence-corrected chi connectivity index (χ1v) is 5.35. The Hall–Kier alpha value is -1.65. The lowest BCUT2D eigenvalue weighted by atomic mass is 10.1. The molecule has 1 rings (SSSR count). The predicted molar refractivity (Wildman–Crippen MR) is 61.8 cm³/mol. The Morgan fingerprint density at radius 3 is 2.88 bits per heavy atom. The molecule has 0 saturated carbocycles. The lowest BCUT2D eigenvalue weighted by molar-refractivity contribution is 0.0697. The number of carboxylic acid groups (broad SMARTS) is 1. The van der Waals surface area contributed by atoms with Gasteiger partial charge in [0.05, 0.1) is 6.20 Å². The summed E-state index contributed by atoms with van der Waals surface area (Å²) in [5.41, 5.74) is 0.195. The van der Waals surface area contributed by atoms with Gasteiger partial charge in [-0.25, -0.2) is 4.79 Å². The standard InChI is InChI=1S/C11H17N3O2/c1-4-5-8(2)14(3)10-9(11(15)16)6-7-12-13-10/h6-8H,4-5H2,1-3H3,(H,15,16). The van der Waals surface area contributed by atoms with Gasteiger partial charge in [0.2, 0.25) is 0 Å². The SMILES string of the molecule is CCCC(C)N(C)c1nnccc1C(=O)O. The Bertz CT molecular complexity index is 368. The number of anilines is 1. The maximum Gasteiger partial charge on any atom is 0.339 e. The quantitative estimate of drug-likeness (QED) is 0.824. The molecule has 0 bridgehead atoms. The highest BCUT2D eigenvalue weighted by molar-refractivity contribution is 5.93. The van der Waals surface area contributed by atoms with E-state index in [1.165, 1.54) is 12.3 Å². The first kappa shape index (κ1) is 12.4. The van der Waals surface area contributed by atoms with Crippen molar-refractivity contribution in [3.8, 4) is 0 Å². The molecule has 0 aromatic carbocycles. The summed E-state index contributed by atoms with van der Waals surface area (Å²) in [7, 11) is 1.84. The molecule has 0 fully saturated rings. The van der Waals surface area contributed by atoms with Crippen LogP contribution in [0.3, 0.4) is 0 Å². The molecule has 1 unspecified atom stereocenters. The Morgan fingerprint density at radius 2 is 2.31 bits per heavy atom. The average Bonchev–Trinajstić information content (AvgIpc) is 2.28. The molecule has 5 nitrogen and oxygen atoms in total. The van der Waals surface area contributed by atoms with Crippen LogP contribution >= 0.6 is 0 Å². The van der Waals surface area contributed by atoms with E-state index < -0.39 is 5.97 Å². The minimum absolute atomic E-state index is 0.195. The van der Waals surface area contributed by atoms with Crippen LogP contribution in [-0.4, -0.2) is 34.4 Å². The second kappa shape index (κ2) is 5.44. The van der Waals surface area contributed by atoms with E-state index in [2.05, 4.69) is 17.1 Å². The number of aromatic carboxylic acids is 1. The number of nitrogens with zero attached hydrogens (tertiary/aromatic N) is 3. The molecule has 0 spiro atoms. The highest BCUT2D eigenvalue weighted by Gasteiger charge is 2.18. The molecule has 16 heavy (non-hydrogen) atoms. The van der Waals surface area contributed by atoms with Gasteiger partial charge in [0.15, 0.2) is 5.82 Å². The normalized spacial score (nSPS) is 12.2. The van der Waals surface area contributed by atoms with Crippen molar-refractivity contribution in [1.29, 1.82) is 0 Å². The maximum absolute atomic E-state index is 11.0. The third kappa shape index (κ3) is 2.68. The van der Waals surface area contributed by atoms with E-state index in [0.29, 0.717) is 5.82 Å². The van der Waals surface area contributed by atoms with E-state index in [0.717, 1.165) is 12.8 Å². The van der Waals surface area contributed by atoms with E-state index in [4.69, 9.17) is 5.11 Å². The summed E-state index contributed by atoms with van der Waals surface area (Å²) < 4.78 is 0. The Kier molecular flexibility index (Phi) is 4.22. The lowest BCUT2D eigenvalue weighted by Gasteiger charge is -2.26. The number of carboxylic acids is 1. The van der Waals surface area contributed by atoms with Crippen LogP contribution in [0, 0.1) is 0 Å². The molecule has 0 radical (unpaired) electrons. The van der Waals surface area contributed by atoms with Crippen molar-refractivity contribution >= 4 is 11.8 Å². The van der Waals surface area contributed by atoms with Gasteiger partial charge in [0, 0.05) is 13.1 Å². The van der Waals surface area contributed by atoms with Crippen molar-refractivity contribution in [2.75, 3.05) is 11.9 Å². The first-order valence-electron chi connectivity index (χ1n) is 5.35. The van der Waals surface area contributed by atoms with E-state index in [1.807, 2.05) is 18.9 Å². The molecule has 0 saturated heterocycles. The van der Waals surface area contributed by atoms with Crippen LogP contribution in [0.1, 0.15) is 37.0 Å². The summed E-state index contributed by atoms with van der Waals surface area (Å²) in [6, 6.07) is 1.72. The zero-order chi connectivity index (χ0) is 12.1. The van der Waals surface area contributed by atoms with Gasteiger partial charge >= 0.3 is 5.97 Å². The van der Waals surface area contributed by atoms with Gasteiger partial charge in [-0.2, -0.15) is 5.10 Å². The largest absolute Gasteiger partial charge is 0.478 e. The number of aromatic nitrogens is 2. The van der Waals surface area contributed by atoms with Gasteiger partial charge in [0.25, 0.3) is 0 Å². The fourth-order valence-corrected chi connectivity index (χ4v) is 1.57. The second-order valence-electron chi connectivity index (χ2n) is 3.82. The van der Waals surface area contributed by atoms with Crippen LogP contribution < -0.4 is 4.90 Å². The molecular weight excluding hydrogens is 206 g/mol. The monoisotopic (exact) mass is 223 g/mol. The Labute approximate surface area is 95.1 Å². The van der Waals surface area contributed by atoms with E-state index >= 15 is 0 Å². The van der Waals surface area contributed by atoms with E-state index in [9.17, 15) is 4.79 Å². The van der Waals surface area contributed by atoms with Crippen molar-refractivity contribution in [2.45, 2.75) is 32.7 Å². The topological polar surface area (TPSA) is 66.3 Å². The molecule has 0 aliphatic heterocycles. The Balaban J connectivity index is 2.98. The first-order chi connectivity index (χ1) is 7.57. The predicted octanol–water partition coefficient (Wildman–Crippen LogP) is 1.80. The molecule has 1 atom stereocenters. The molecule has 1 aromatic rings. The van der Waals surface area contributed by atoms with Gasteiger partial charge < -0.3 is 10.0 Å². The van der Waals surface area contributed by atoms with Crippen molar-refractivity contribution in [3.63, 3.8) is 0 Å². The minimum atomic E-state index is -0.972. The van der Waals surface area contributed by atoms with Crippen molar-refractivity contribution in [2.24, 2.45) is 0 Å². The summed E-state index contributed by atoms with van der Waals surface area (Å²) in [6.07, 6.45) is 3.44. The summed E-state index contributed by atoms with van der Waals surface area (Å²) >= 11 is 0. The third-order valence-electron chi connectivity index (χ3n) is 2.63. The van der Waals surface area contributed by atoms with Gasteiger partial charge in [0.1, 0.15) is 5.56 Å². The molecule has 1 N–H and O–H groups in total. The summed E-state index contributed by atoms with van der Waals surface area (Å²) in [4.78, 5) is 12.9. The summed E-state index contributed by atoms with van der Waals surface area (Å²) in [5, 5.41) is 16.7. The Morgan fingerprint density at radius 1 is 1.62 bits per heavy atom. The average molecular weight is 223 g/mol. The van der Waals surface area contributed by atoms with Crippen LogP contribution in [0.15, 0.2) is 12.3 Å². The number of rotatable bonds is 5. The molecule has 1 aromatic heterocycles. The summed E-state index contributed by atoms with van der Waals surface area (Å²) in [6.45, 7) is 4.14. The van der Waals surface area contributed by atoms with Gasteiger partial charge in [-0.15, -0.1) is 5.10 Å². The van der Waals surface area contributed by atoms with Gasteiger partial charge in [-0.3, -0.25) is 0 Å². The molecule has 88 valence electrons. The fourth-order valence-electron chi connectivity index (χ4n) is 1.57. The van der Waals surface area contributed by atoms with Crippen molar-refractivity contribution in [1.82, 2.24) is 10.2 Å². The number of hydrogen-bond acceptors (Lipinski definition) is 4. The zero-order valence-corrected chi connectivity index (χ0v) is 9.84. The molecule has 5 heteroatoms. The second-order valence-corrected chi connectivity index (χ2v) is 3.82. The van der Waals surface area contributed by atoms with Gasteiger partial charge in [-0.05, 0) is 19.4 Å². The molecule has 0 amide bonds. The van der Waals surface area contributed by atoms with Crippen molar-refractivity contribution < 1.29 is 9.90 Å². The highest BCUT2D eigenvalue weighted by atomic mass is 16.4. The van der Waals surface area contributed by atoms with Crippen molar-refractivity contribution in [3.05, 3.63) is 17.8 Å². The fraction of sp³-hybridized carbons (Fsp3) is 0.545. The minimum Gasteiger partial charge on any atom is -0.478 e. The molecule has 1 heterocycles. The maximum atomic E-state index is 11.0. The molecule has 0 aliphatic rings. The number of hydrogen-bond donors (Lipinski definition) is 1. The van der Waals surface area contributed by atoms with Crippen LogP contribution in [0.5, 0.6) is 0 Å². The van der Waals surface area contributed by atoms with E-state index in [1.54, 1.807) is 0 Å². The zero-order valence-electron chi connectivity index (χ0n) is 9.84. The molecule has 0 aliphatic carbocycles. The van der Waals surface area contributed by atoms with Crippen LogP contribution in [0.4, 0.5) is 5.82 Å². The lowest BCUT2D eigenvalue weighted by Crippen LogP contribution is -2.31. The van der Waals surface area contributed by atoms with Crippen LogP contribution in [0.25, 0.3) is 0 Å². The smallest absolute Gasteiger partial charge is 0.339 e. The molecular formula is C11H17N3O2. The third-order valence-corrected chi connectivity index (χ3v) is 2.63. The van der Waals surface area contributed by atoms with Crippen LogP contribution in [-0.2, 0) is 0 Å². The summed E-state index contributed by atoms with van der Waals surface area (Å²) in [5.74, 6) is -0.545. The number of carbonyl (C=O) groups is 1.